The van der Waals surface area contributed by atoms with E-state index in [1.54, 1.807) is 18.2 Å². The van der Waals surface area contributed by atoms with Crippen molar-refractivity contribution in [3.63, 3.8) is 0 Å². The first kappa shape index (κ1) is 17.0. The summed E-state index contributed by atoms with van der Waals surface area (Å²) in [6, 6.07) is 4.90. The second kappa shape index (κ2) is 6.59. The van der Waals surface area contributed by atoms with Crippen molar-refractivity contribution >= 4 is 56.5 Å². The summed E-state index contributed by atoms with van der Waals surface area (Å²) in [4.78, 5) is 28.1. The number of halogens is 2. The fourth-order valence-electron chi connectivity index (χ4n) is 2.71. The Kier molecular flexibility index (Phi) is 4.67. The average molecular weight is 382 g/mol. The summed E-state index contributed by atoms with van der Waals surface area (Å²) in [5.41, 5.74) is 2.26. The number of benzene rings is 1. The van der Waals surface area contributed by atoms with Crippen LogP contribution in [0.25, 0.3) is 10.2 Å². The first-order valence-electron chi connectivity index (χ1n) is 7.19. The van der Waals surface area contributed by atoms with Crippen molar-refractivity contribution in [3.05, 3.63) is 56.0 Å². The smallest absolute Gasteiger partial charge is 0.303 e. The summed E-state index contributed by atoms with van der Waals surface area (Å²) >= 11 is 13.8. The molecule has 0 unspecified atom stereocenters. The lowest BCUT2D eigenvalue weighted by Crippen LogP contribution is -2.08. The number of aromatic amines is 1. The molecule has 0 atom stereocenters. The number of ketones is 1. The van der Waals surface area contributed by atoms with Gasteiger partial charge in [-0.3, -0.25) is 9.59 Å². The molecular weight excluding hydrogens is 369 g/mol. The van der Waals surface area contributed by atoms with Crippen molar-refractivity contribution in [1.82, 2.24) is 4.98 Å². The molecule has 3 aromatic rings. The molecule has 7 heteroatoms. The predicted octanol–water partition coefficient (Wildman–Crippen LogP) is 5.09. The molecule has 0 amide bonds. The number of nitrogens with one attached hydrogen (secondary N) is 1. The van der Waals surface area contributed by atoms with Crippen LogP contribution in [-0.2, 0) is 11.2 Å². The SMILES string of the molecule is Cc1csc2[nH]c(CCC(=O)O)c(C(=O)c3c(Cl)cccc3Cl)c12. The minimum absolute atomic E-state index is 0.0661. The summed E-state index contributed by atoms with van der Waals surface area (Å²) in [6.45, 7) is 1.92. The number of aromatic nitrogens is 1. The lowest BCUT2D eigenvalue weighted by molar-refractivity contribution is -0.136. The lowest BCUT2D eigenvalue weighted by atomic mass is 9.98. The van der Waals surface area contributed by atoms with E-state index in [0.717, 1.165) is 15.8 Å². The van der Waals surface area contributed by atoms with E-state index < -0.39 is 5.97 Å². The zero-order chi connectivity index (χ0) is 17.4. The summed E-state index contributed by atoms with van der Waals surface area (Å²) < 4.78 is 0. The Labute approximate surface area is 152 Å². The van der Waals surface area contributed by atoms with Gasteiger partial charge in [0, 0.05) is 11.1 Å². The van der Waals surface area contributed by atoms with Crippen molar-refractivity contribution in [1.29, 1.82) is 0 Å². The summed E-state index contributed by atoms with van der Waals surface area (Å²) in [5, 5.41) is 12.3. The zero-order valence-electron chi connectivity index (χ0n) is 12.7. The molecular formula is C17H13Cl2NO3S. The molecule has 0 fully saturated rings. The summed E-state index contributed by atoms with van der Waals surface area (Å²) in [5.74, 6) is -1.21. The number of fused-ring (bicyclic) bond motifs is 1. The maximum Gasteiger partial charge on any atom is 0.303 e. The average Bonchev–Trinajstić information content (AvgIpc) is 3.04. The van der Waals surface area contributed by atoms with E-state index in [1.165, 1.54) is 11.3 Å². The van der Waals surface area contributed by atoms with Crippen LogP contribution in [0.2, 0.25) is 10.0 Å². The molecule has 0 saturated carbocycles. The molecule has 0 saturated heterocycles. The van der Waals surface area contributed by atoms with E-state index in [1.807, 2.05) is 12.3 Å². The normalized spacial score (nSPS) is 11.1. The number of aliphatic carboxylic acids is 1. The Hall–Kier alpha value is -1.82. The molecule has 3 rings (SSSR count). The topological polar surface area (TPSA) is 70.2 Å². The van der Waals surface area contributed by atoms with Crippen LogP contribution in [0.4, 0.5) is 0 Å². The maximum atomic E-state index is 13.1. The van der Waals surface area contributed by atoms with Gasteiger partial charge in [-0.25, -0.2) is 0 Å². The van der Waals surface area contributed by atoms with Crippen LogP contribution in [0.3, 0.4) is 0 Å². The van der Waals surface area contributed by atoms with Crippen molar-refractivity contribution in [2.75, 3.05) is 0 Å². The number of aryl methyl sites for hydroxylation is 2. The second-order valence-electron chi connectivity index (χ2n) is 5.42. The fraction of sp³-hybridized carbons (Fsp3) is 0.176. The van der Waals surface area contributed by atoms with Crippen LogP contribution in [0, 0.1) is 6.92 Å². The Balaban J connectivity index is 2.19. The molecule has 24 heavy (non-hydrogen) atoms. The van der Waals surface area contributed by atoms with E-state index in [4.69, 9.17) is 28.3 Å². The molecule has 0 aliphatic rings. The molecule has 0 bridgehead atoms. The van der Waals surface area contributed by atoms with Gasteiger partial charge in [0.2, 0.25) is 0 Å². The van der Waals surface area contributed by atoms with Gasteiger partial charge in [0.05, 0.1) is 27.6 Å². The van der Waals surface area contributed by atoms with Gasteiger partial charge in [-0.15, -0.1) is 11.3 Å². The van der Waals surface area contributed by atoms with Gasteiger partial charge in [0.15, 0.2) is 5.78 Å². The molecule has 0 radical (unpaired) electrons. The predicted molar refractivity (Wildman–Crippen MR) is 96.8 cm³/mol. The largest absolute Gasteiger partial charge is 0.481 e. The lowest BCUT2D eigenvalue weighted by Gasteiger charge is -2.08. The maximum absolute atomic E-state index is 13.1. The zero-order valence-corrected chi connectivity index (χ0v) is 15.0. The monoisotopic (exact) mass is 381 g/mol. The van der Waals surface area contributed by atoms with Crippen LogP contribution in [0.5, 0.6) is 0 Å². The van der Waals surface area contributed by atoms with Crippen molar-refractivity contribution < 1.29 is 14.7 Å². The van der Waals surface area contributed by atoms with Crippen LogP contribution in [0.15, 0.2) is 23.6 Å². The molecule has 0 spiro atoms. The Morgan fingerprint density at radius 2 is 1.88 bits per heavy atom. The minimum Gasteiger partial charge on any atom is -0.481 e. The molecule has 0 aliphatic carbocycles. The third kappa shape index (κ3) is 2.95. The third-order valence-electron chi connectivity index (χ3n) is 3.80. The van der Waals surface area contributed by atoms with Gasteiger partial charge in [-0.05, 0) is 36.4 Å². The minimum atomic E-state index is -0.918. The van der Waals surface area contributed by atoms with Crippen molar-refractivity contribution in [2.45, 2.75) is 19.8 Å². The highest BCUT2D eigenvalue weighted by atomic mass is 35.5. The molecule has 4 nitrogen and oxygen atoms in total. The van der Waals surface area contributed by atoms with E-state index in [0.29, 0.717) is 11.3 Å². The molecule has 1 aromatic carbocycles. The standard InChI is InChI=1S/C17H13Cl2NO3S/c1-8-7-24-17-13(8)15(11(20-17)5-6-12(21)22)16(23)14-9(18)3-2-4-10(14)19/h2-4,7,20H,5-6H2,1H3,(H,21,22). The fourth-order valence-corrected chi connectivity index (χ4v) is 4.25. The number of hydrogen-bond donors (Lipinski definition) is 2. The highest BCUT2D eigenvalue weighted by molar-refractivity contribution is 7.17. The molecule has 124 valence electrons. The third-order valence-corrected chi connectivity index (χ3v) is 5.44. The molecule has 2 aromatic heterocycles. The Bertz CT molecular complexity index is 938. The van der Waals surface area contributed by atoms with Gasteiger partial charge in [0.1, 0.15) is 4.83 Å². The van der Waals surface area contributed by atoms with E-state index >= 15 is 0 Å². The van der Waals surface area contributed by atoms with Gasteiger partial charge in [-0.1, -0.05) is 29.3 Å². The van der Waals surface area contributed by atoms with Gasteiger partial charge in [-0.2, -0.15) is 0 Å². The Morgan fingerprint density at radius 1 is 1.21 bits per heavy atom. The number of hydrogen-bond acceptors (Lipinski definition) is 3. The first-order chi connectivity index (χ1) is 11.4. The summed E-state index contributed by atoms with van der Waals surface area (Å²) in [7, 11) is 0. The summed E-state index contributed by atoms with van der Waals surface area (Å²) in [6.07, 6.45) is 0.169. The highest BCUT2D eigenvalue weighted by Gasteiger charge is 2.25. The number of carboxylic acids is 1. The first-order valence-corrected chi connectivity index (χ1v) is 8.83. The van der Waals surface area contributed by atoms with E-state index in [-0.39, 0.29) is 34.2 Å². The molecule has 2 N–H and O–H groups in total. The quantitative estimate of drug-likeness (QED) is 0.604. The Morgan fingerprint density at radius 3 is 2.50 bits per heavy atom. The van der Waals surface area contributed by atoms with Crippen LogP contribution < -0.4 is 0 Å². The highest BCUT2D eigenvalue weighted by Crippen LogP contribution is 2.35. The number of carbonyl (C=O) groups is 2. The number of H-pyrrole nitrogens is 1. The molecule has 0 aliphatic heterocycles. The van der Waals surface area contributed by atoms with Gasteiger partial charge in [0.25, 0.3) is 0 Å². The second-order valence-corrected chi connectivity index (χ2v) is 7.11. The van der Waals surface area contributed by atoms with Crippen LogP contribution in [0.1, 0.15) is 33.6 Å². The van der Waals surface area contributed by atoms with E-state index in [2.05, 4.69) is 4.98 Å². The number of thiophene rings is 1. The number of rotatable bonds is 5. The van der Waals surface area contributed by atoms with Gasteiger partial charge < -0.3 is 10.1 Å². The van der Waals surface area contributed by atoms with Crippen LogP contribution in [-0.4, -0.2) is 21.8 Å². The van der Waals surface area contributed by atoms with Gasteiger partial charge >= 0.3 is 5.97 Å². The van der Waals surface area contributed by atoms with E-state index in [9.17, 15) is 9.59 Å². The van der Waals surface area contributed by atoms with Crippen molar-refractivity contribution in [3.8, 4) is 0 Å². The number of carboxylic acid groups (broad SMARTS) is 1. The molecule has 2 heterocycles. The van der Waals surface area contributed by atoms with Crippen LogP contribution >= 0.6 is 34.5 Å². The van der Waals surface area contributed by atoms with Crippen molar-refractivity contribution in [2.24, 2.45) is 0 Å². The number of carbonyl (C=O) groups excluding carboxylic acids is 1.